The van der Waals surface area contributed by atoms with Gasteiger partial charge in [-0.1, -0.05) is 41.4 Å². The zero-order valence-electron chi connectivity index (χ0n) is 17.7. The van der Waals surface area contributed by atoms with E-state index in [1.807, 2.05) is 0 Å². The lowest BCUT2D eigenvalue weighted by atomic mass is 10.2. The SMILES string of the molecule is Cc1ccc(S(=O)(=O)N(CC(=O)Nc2ccc(F)c(C(F)(F)F)c2)Cc2ccc(Cl)cc2)cc1. The highest BCUT2D eigenvalue weighted by molar-refractivity contribution is 7.89. The lowest BCUT2D eigenvalue weighted by Gasteiger charge is -2.22. The standard InChI is InChI=1S/C23H19ClF4N2O3S/c1-15-2-9-19(10-3-15)34(32,33)30(13-16-4-6-17(24)7-5-16)14-22(31)29-18-8-11-21(25)20(12-18)23(26,27)28/h2-12H,13-14H2,1H3,(H,29,31). The number of amides is 1. The number of alkyl halides is 3. The summed E-state index contributed by atoms with van der Waals surface area (Å²) in [5.41, 5.74) is -0.500. The van der Waals surface area contributed by atoms with Crippen LogP contribution in [0.3, 0.4) is 0 Å². The van der Waals surface area contributed by atoms with Crippen molar-refractivity contribution in [2.45, 2.75) is 24.5 Å². The van der Waals surface area contributed by atoms with Crippen LogP contribution in [0.25, 0.3) is 0 Å². The van der Waals surface area contributed by atoms with Gasteiger partial charge >= 0.3 is 6.18 Å². The predicted molar refractivity (Wildman–Crippen MR) is 120 cm³/mol. The van der Waals surface area contributed by atoms with Crippen molar-refractivity contribution in [2.75, 3.05) is 11.9 Å². The van der Waals surface area contributed by atoms with Gasteiger partial charge in [-0.25, -0.2) is 12.8 Å². The van der Waals surface area contributed by atoms with E-state index in [9.17, 15) is 30.8 Å². The number of carbonyl (C=O) groups excluding carboxylic acids is 1. The van der Waals surface area contributed by atoms with Crippen LogP contribution >= 0.6 is 11.6 Å². The first-order chi connectivity index (χ1) is 15.9. The minimum Gasteiger partial charge on any atom is -0.325 e. The van der Waals surface area contributed by atoms with Crippen molar-refractivity contribution in [1.29, 1.82) is 0 Å². The fraction of sp³-hybridized carbons (Fsp3) is 0.174. The molecule has 0 aromatic heterocycles. The second-order valence-corrected chi connectivity index (χ2v) is 9.83. The highest BCUT2D eigenvalue weighted by atomic mass is 35.5. The molecule has 0 aliphatic carbocycles. The van der Waals surface area contributed by atoms with Crippen molar-refractivity contribution in [3.63, 3.8) is 0 Å². The van der Waals surface area contributed by atoms with E-state index < -0.39 is 40.0 Å². The first-order valence-electron chi connectivity index (χ1n) is 9.84. The van der Waals surface area contributed by atoms with Crippen LogP contribution in [0.15, 0.2) is 71.6 Å². The van der Waals surface area contributed by atoms with Crippen LogP contribution in [-0.4, -0.2) is 25.2 Å². The Bertz CT molecular complexity index is 1280. The number of aryl methyl sites for hydroxylation is 1. The maximum Gasteiger partial charge on any atom is 0.419 e. The number of anilines is 1. The molecule has 34 heavy (non-hydrogen) atoms. The van der Waals surface area contributed by atoms with Crippen LogP contribution < -0.4 is 5.32 Å². The van der Waals surface area contributed by atoms with Crippen LogP contribution in [0, 0.1) is 12.7 Å². The molecule has 5 nitrogen and oxygen atoms in total. The lowest BCUT2D eigenvalue weighted by Crippen LogP contribution is -2.37. The minimum atomic E-state index is -4.96. The molecule has 3 rings (SSSR count). The normalized spacial score (nSPS) is 12.1. The Morgan fingerprint density at radius 1 is 1.00 bits per heavy atom. The average Bonchev–Trinajstić information content (AvgIpc) is 2.75. The Morgan fingerprint density at radius 2 is 1.62 bits per heavy atom. The Labute approximate surface area is 199 Å². The molecule has 0 heterocycles. The largest absolute Gasteiger partial charge is 0.419 e. The van der Waals surface area contributed by atoms with E-state index in [1.165, 1.54) is 12.1 Å². The molecule has 0 unspecified atom stereocenters. The molecule has 0 radical (unpaired) electrons. The number of benzene rings is 3. The van der Waals surface area contributed by atoms with E-state index in [0.717, 1.165) is 15.9 Å². The van der Waals surface area contributed by atoms with Crippen LogP contribution in [-0.2, 0) is 27.5 Å². The van der Waals surface area contributed by atoms with Crippen molar-refractivity contribution in [3.05, 3.63) is 94.3 Å². The van der Waals surface area contributed by atoms with Gasteiger partial charge in [0.15, 0.2) is 0 Å². The fourth-order valence-corrected chi connectivity index (χ4v) is 4.57. The Balaban J connectivity index is 1.88. The maximum absolute atomic E-state index is 13.5. The van der Waals surface area contributed by atoms with Gasteiger partial charge in [-0.3, -0.25) is 4.79 Å². The molecule has 3 aromatic carbocycles. The third-order valence-corrected chi connectivity index (χ3v) is 6.86. The summed E-state index contributed by atoms with van der Waals surface area (Å²) in [6, 6.07) is 14.3. The third kappa shape index (κ3) is 6.34. The van der Waals surface area contributed by atoms with Gasteiger partial charge in [0.05, 0.1) is 17.0 Å². The molecule has 0 aliphatic heterocycles. The molecule has 0 spiro atoms. The topological polar surface area (TPSA) is 66.5 Å². The third-order valence-electron chi connectivity index (χ3n) is 4.81. The molecule has 11 heteroatoms. The molecule has 1 amide bonds. The first kappa shape index (κ1) is 25.7. The highest BCUT2D eigenvalue weighted by Gasteiger charge is 2.34. The Kier molecular flexibility index (Phi) is 7.64. The van der Waals surface area contributed by atoms with E-state index >= 15 is 0 Å². The number of nitrogens with zero attached hydrogens (tertiary/aromatic N) is 1. The van der Waals surface area contributed by atoms with Gasteiger partial charge in [0.2, 0.25) is 15.9 Å². The molecular weight excluding hydrogens is 496 g/mol. The van der Waals surface area contributed by atoms with Crippen LogP contribution in [0.2, 0.25) is 5.02 Å². The van der Waals surface area contributed by atoms with Gasteiger partial charge in [0.1, 0.15) is 5.82 Å². The second kappa shape index (κ2) is 10.1. The van der Waals surface area contributed by atoms with E-state index in [2.05, 4.69) is 5.32 Å². The fourth-order valence-electron chi connectivity index (χ4n) is 3.06. The van der Waals surface area contributed by atoms with E-state index in [1.54, 1.807) is 43.3 Å². The molecule has 0 fully saturated rings. The number of rotatable bonds is 7. The smallest absolute Gasteiger partial charge is 0.325 e. The number of carbonyl (C=O) groups is 1. The van der Waals surface area contributed by atoms with Gasteiger partial charge in [0, 0.05) is 17.3 Å². The quantitative estimate of drug-likeness (QED) is 0.415. The van der Waals surface area contributed by atoms with Crippen molar-refractivity contribution in [1.82, 2.24) is 4.31 Å². The summed E-state index contributed by atoms with van der Waals surface area (Å²) in [6.45, 7) is 0.892. The molecule has 0 aliphatic rings. The molecular formula is C23H19ClF4N2O3S. The second-order valence-electron chi connectivity index (χ2n) is 7.45. The van der Waals surface area contributed by atoms with Crippen molar-refractivity contribution < 1.29 is 30.8 Å². The van der Waals surface area contributed by atoms with Crippen molar-refractivity contribution >= 4 is 33.2 Å². The number of halogens is 5. The number of hydrogen-bond acceptors (Lipinski definition) is 3. The predicted octanol–water partition coefficient (Wildman–Crippen LogP) is 5.64. The van der Waals surface area contributed by atoms with E-state index in [-0.39, 0.29) is 17.1 Å². The summed E-state index contributed by atoms with van der Waals surface area (Å²) in [5.74, 6) is -2.39. The van der Waals surface area contributed by atoms with Gasteiger partial charge in [-0.05, 0) is 55.0 Å². The number of sulfonamides is 1. The van der Waals surface area contributed by atoms with Crippen molar-refractivity contribution in [2.24, 2.45) is 0 Å². The summed E-state index contributed by atoms with van der Waals surface area (Å²) in [6.07, 6.45) is -4.96. The zero-order valence-corrected chi connectivity index (χ0v) is 19.3. The lowest BCUT2D eigenvalue weighted by molar-refractivity contribution is -0.140. The number of hydrogen-bond donors (Lipinski definition) is 1. The highest BCUT2D eigenvalue weighted by Crippen LogP contribution is 2.33. The summed E-state index contributed by atoms with van der Waals surface area (Å²) in [7, 11) is -4.15. The summed E-state index contributed by atoms with van der Waals surface area (Å²) in [4.78, 5) is 12.6. The zero-order chi connectivity index (χ0) is 25.1. The summed E-state index contributed by atoms with van der Waals surface area (Å²) in [5, 5.41) is 2.64. The molecule has 0 bridgehead atoms. The average molecular weight is 515 g/mol. The van der Waals surface area contributed by atoms with E-state index in [0.29, 0.717) is 22.7 Å². The number of nitrogens with one attached hydrogen (secondary N) is 1. The first-order valence-corrected chi connectivity index (χ1v) is 11.7. The summed E-state index contributed by atoms with van der Waals surface area (Å²) < 4.78 is 79.8. The Hall–Kier alpha value is -2.95. The molecule has 0 saturated carbocycles. The molecule has 3 aromatic rings. The van der Waals surface area contributed by atoms with Gasteiger partial charge in [-0.15, -0.1) is 0 Å². The molecule has 0 atom stereocenters. The van der Waals surface area contributed by atoms with Crippen LogP contribution in [0.4, 0.5) is 23.2 Å². The molecule has 1 N–H and O–H groups in total. The van der Waals surface area contributed by atoms with Crippen LogP contribution in [0.1, 0.15) is 16.7 Å². The monoisotopic (exact) mass is 514 g/mol. The molecule has 180 valence electrons. The van der Waals surface area contributed by atoms with Gasteiger partial charge in [-0.2, -0.15) is 17.5 Å². The van der Waals surface area contributed by atoms with E-state index in [4.69, 9.17) is 11.6 Å². The van der Waals surface area contributed by atoms with Crippen LogP contribution in [0.5, 0.6) is 0 Å². The Morgan fingerprint density at radius 3 is 2.21 bits per heavy atom. The maximum atomic E-state index is 13.5. The van der Waals surface area contributed by atoms with Gasteiger partial charge < -0.3 is 5.32 Å². The van der Waals surface area contributed by atoms with Gasteiger partial charge in [0.25, 0.3) is 0 Å². The minimum absolute atomic E-state index is 0.0546. The van der Waals surface area contributed by atoms with Crippen molar-refractivity contribution in [3.8, 4) is 0 Å². The summed E-state index contributed by atoms with van der Waals surface area (Å²) >= 11 is 5.88. The molecule has 0 saturated heterocycles.